The highest BCUT2D eigenvalue weighted by molar-refractivity contribution is 8.04. The first-order valence-corrected chi connectivity index (χ1v) is 10.8. The van der Waals surface area contributed by atoms with Gasteiger partial charge in [0.05, 0.1) is 0 Å². The van der Waals surface area contributed by atoms with Crippen LogP contribution < -0.4 is 11.5 Å². The van der Waals surface area contributed by atoms with E-state index in [1.54, 1.807) is 6.07 Å². The molecule has 2 atom stereocenters. The van der Waals surface area contributed by atoms with Gasteiger partial charge in [0.25, 0.3) is 5.91 Å². The number of carboxylic acid groups (broad SMARTS) is 2. The largest absolute Gasteiger partial charge is 0.479 e. The summed E-state index contributed by atoms with van der Waals surface area (Å²) in [6.07, 6.45) is 1.50. The predicted molar refractivity (Wildman–Crippen MR) is 112 cm³/mol. The van der Waals surface area contributed by atoms with Gasteiger partial charge in [-0.25, -0.2) is 14.6 Å². The number of anilines is 1. The van der Waals surface area contributed by atoms with Crippen LogP contribution in [0.1, 0.15) is 11.3 Å². The van der Waals surface area contributed by atoms with Crippen LogP contribution in [-0.4, -0.2) is 72.5 Å². The highest BCUT2D eigenvalue weighted by atomic mass is 32.2. The van der Waals surface area contributed by atoms with Gasteiger partial charge < -0.3 is 26.5 Å². The van der Waals surface area contributed by atoms with Gasteiger partial charge in [0, 0.05) is 11.5 Å². The van der Waals surface area contributed by atoms with Crippen LogP contribution in [0.2, 0.25) is 0 Å². The van der Waals surface area contributed by atoms with E-state index in [2.05, 4.69) is 15.0 Å². The first kappa shape index (κ1) is 22.4. The number of oxime groups is 1. The number of nitrogens with two attached hydrogens (primary N) is 2. The fourth-order valence-electron chi connectivity index (χ4n) is 2.88. The molecule has 0 saturated carbocycles. The molecule has 0 spiro atoms. The Morgan fingerprint density at radius 3 is 2.74 bits per heavy atom. The molecule has 1 unspecified atom stereocenters. The van der Waals surface area contributed by atoms with Crippen molar-refractivity contribution >= 4 is 58.8 Å². The van der Waals surface area contributed by atoms with Gasteiger partial charge in [0.2, 0.25) is 12.5 Å². The van der Waals surface area contributed by atoms with Crippen molar-refractivity contribution in [2.24, 2.45) is 10.9 Å². The van der Waals surface area contributed by atoms with Gasteiger partial charge in [-0.3, -0.25) is 14.5 Å². The van der Waals surface area contributed by atoms with Gasteiger partial charge in [-0.15, -0.1) is 23.5 Å². The third-order valence-electron chi connectivity index (χ3n) is 4.24. The van der Waals surface area contributed by atoms with Crippen LogP contribution in [0.25, 0.3) is 0 Å². The molecule has 1 fully saturated rings. The number of primary amides is 1. The van der Waals surface area contributed by atoms with E-state index < -0.39 is 35.4 Å². The van der Waals surface area contributed by atoms with E-state index >= 15 is 0 Å². The molecule has 6 N–H and O–H groups in total. The fraction of sp³-hybridized carbons (Fsp3) is 0.294. The summed E-state index contributed by atoms with van der Waals surface area (Å²) in [7, 11) is 0. The molecule has 2 aliphatic rings. The minimum absolute atomic E-state index is 0.0106. The lowest BCUT2D eigenvalue weighted by atomic mass is 10.1. The number of hydrogen-bond acceptors (Lipinski definition) is 10. The van der Waals surface area contributed by atoms with Crippen molar-refractivity contribution in [2.75, 3.05) is 18.1 Å². The number of carbonyl (C=O) groups is 4. The van der Waals surface area contributed by atoms with E-state index in [9.17, 15) is 24.3 Å². The summed E-state index contributed by atoms with van der Waals surface area (Å²) in [6.45, 7) is -0.784. The molecule has 31 heavy (non-hydrogen) atoms. The summed E-state index contributed by atoms with van der Waals surface area (Å²) in [4.78, 5) is 56.2. The maximum absolute atomic E-state index is 12.5. The average molecular weight is 467 g/mol. The molecule has 1 aromatic heterocycles. The number of nitrogens with zero attached hydrogens (tertiary/aromatic N) is 3. The van der Waals surface area contributed by atoms with Crippen LogP contribution in [0, 0.1) is 0 Å². The van der Waals surface area contributed by atoms with Crippen LogP contribution in [0.3, 0.4) is 0 Å². The SMILES string of the molecule is NC(=O)C(=NOCC(=O)O)c1nc(N)ccc1CSC1C(=O)N2C(C(=O)O)=CCS[C@@H]12. The molecule has 14 heteroatoms. The second kappa shape index (κ2) is 9.26. The first-order valence-electron chi connectivity index (χ1n) is 8.67. The number of β-lactam (4-membered cyclic amide) rings is 1. The summed E-state index contributed by atoms with van der Waals surface area (Å²) >= 11 is 2.69. The fourth-order valence-corrected chi connectivity index (χ4v) is 5.60. The molecular formula is C17H17N5O7S2. The van der Waals surface area contributed by atoms with E-state index in [1.807, 2.05) is 0 Å². The Labute approximate surface area is 183 Å². The highest BCUT2D eigenvalue weighted by Crippen LogP contribution is 2.44. The standard InChI is InChI=1S/C17H17N5O7S2/c18-9-2-1-7(11(20-9)12(14(19)25)21-29-5-10(23)24)6-31-13-15(26)22-8(17(27)28)3-4-30-16(13)22/h1-3,13,16H,4-6H2,(H2,18,20)(H2,19,25)(H,23,24)(H,27,28)/t13?,16-/m0/s1. The lowest BCUT2D eigenvalue weighted by Gasteiger charge is -2.48. The van der Waals surface area contributed by atoms with Gasteiger partial charge >= 0.3 is 11.9 Å². The molecule has 1 saturated heterocycles. The smallest absolute Gasteiger partial charge is 0.352 e. The van der Waals surface area contributed by atoms with E-state index in [0.717, 1.165) is 0 Å². The molecule has 0 bridgehead atoms. The Hall–Kier alpha value is -3.26. The van der Waals surface area contributed by atoms with Crippen molar-refractivity contribution in [3.63, 3.8) is 0 Å². The third kappa shape index (κ3) is 4.74. The molecule has 1 aromatic rings. The number of nitrogen functional groups attached to an aromatic ring is 1. The monoisotopic (exact) mass is 467 g/mol. The summed E-state index contributed by atoms with van der Waals surface area (Å²) in [5.74, 6) is -3.02. The van der Waals surface area contributed by atoms with Crippen molar-refractivity contribution < 1.29 is 34.2 Å². The van der Waals surface area contributed by atoms with Crippen LogP contribution in [0.5, 0.6) is 0 Å². The number of aromatic nitrogens is 1. The summed E-state index contributed by atoms with van der Waals surface area (Å²) in [5, 5.41) is 20.6. The highest BCUT2D eigenvalue weighted by Gasteiger charge is 2.52. The molecule has 2 aliphatic heterocycles. The van der Waals surface area contributed by atoms with E-state index in [4.69, 9.17) is 16.6 Å². The Morgan fingerprint density at radius 1 is 1.35 bits per heavy atom. The number of fused-ring (bicyclic) bond motifs is 1. The van der Waals surface area contributed by atoms with Crippen LogP contribution in [0.4, 0.5) is 5.82 Å². The normalized spacial score (nSPS) is 20.4. The quantitative estimate of drug-likeness (QED) is 0.206. The van der Waals surface area contributed by atoms with Gasteiger partial charge in [-0.05, 0) is 17.7 Å². The molecule has 0 radical (unpaired) electrons. The maximum atomic E-state index is 12.5. The van der Waals surface area contributed by atoms with Crippen LogP contribution in [-0.2, 0) is 29.8 Å². The second-order valence-corrected chi connectivity index (χ2v) is 8.55. The van der Waals surface area contributed by atoms with E-state index in [0.29, 0.717) is 11.3 Å². The number of amides is 2. The van der Waals surface area contributed by atoms with Crippen molar-refractivity contribution in [3.05, 3.63) is 35.2 Å². The predicted octanol–water partition coefficient (Wildman–Crippen LogP) is -0.560. The zero-order chi connectivity index (χ0) is 22.7. The molecule has 12 nitrogen and oxygen atoms in total. The number of aliphatic carboxylic acids is 2. The number of pyridine rings is 1. The number of carbonyl (C=O) groups excluding carboxylic acids is 2. The summed E-state index contributed by atoms with van der Waals surface area (Å²) < 4.78 is 0. The van der Waals surface area contributed by atoms with Crippen LogP contribution >= 0.6 is 23.5 Å². The van der Waals surface area contributed by atoms with Crippen LogP contribution in [0.15, 0.2) is 29.1 Å². The second-order valence-electron chi connectivity index (χ2n) is 6.27. The molecule has 3 heterocycles. The molecular weight excluding hydrogens is 450 g/mol. The minimum atomic E-state index is -1.29. The topological polar surface area (TPSA) is 198 Å². The average Bonchev–Trinajstić information content (AvgIpc) is 2.71. The zero-order valence-electron chi connectivity index (χ0n) is 15.8. The zero-order valence-corrected chi connectivity index (χ0v) is 17.4. The van der Waals surface area contributed by atoms with Gasteiger partial charge in [-0.2, -0.15) is 0 Å². The van der Waals surface area contributed by atoms with Crippen molar-refractivity contribution in [1.82, 2.24) is 9.88 Å². The molecule has 2 amide bonds. The van der Waals surface area contributed by atoms with Crippen molar-refractivity contribution in [3.8, 4) is 0 Å². The third-order valence-corrected chi connectivity index (χ3v) is 6.89. The lowest BCUT2D eigenvalue weighted by molar-refractivity contribution is -0.145. The van der Waals surface area contributed by atoms with E-state index in [1.165, 1.54) is 40.6 Å². The molecule has 0 aromatic carbocycles. The van der Waals surface area contributed by atoms with Gasteiger partial charge in [0.15, 0.2) is 5.71 Å². The Kier molecular flexibility index (Phi) is 6.70. The molecule has 3 rings (SSSR count). The van der Waals surface area contributed by atoms with Gasteiger partial charge in [0.1, 0.15) is 27.8 Å². The van der Waals surface area contributed by atoms with E-state index in [-0.39, 0.29) is 34.2 Å². The Balaban J connectivity index is 1.78. The Morgan fingerprint density at radius 2 is 2.10 bits per heavy atom. The molecule has 0 aliphatic carbocycles. The minimum Gasteiger partial charge on any atom is -0.479 e. The van der Waals surface area contributed by atoms with Crippen molar-refractivity contribution in [1.29, 1.82) is 0 Å². The van der Waals surface area contributed by atoms with Gasteiger partial charge in [-0.1, -0.05) is 11.2 Å². The number of carboxylic acids is 2. The number of rotatable bonds is 9. The molecule has 164 valence electrons. The lowest BCUT2D eigenvalue weighted by Crippen LogP contribution is -2.63. The first-order chi connectivity index (χ1) is 14.7. The maximum Gasteiger partial charge on any atom is 0.352 e. The van der Waals surface area contributed by atoms with Crippen molar-refractivity contribution in [2.45, 2.75) is 16.4 Å². The number of thioether (sulfide) groups is 2. The Bertz CT molecular complexity index is 1010. The number of hydrogen-bond donors (Lipinski definition) is 4. The summed E-state index contributed by atoms with van der Waals surface area (Å²) in [6, 6.07) is 3.07. The summed E-state index contributed by atoms with van der Waals surface area (Å²) in [5.41, 5.74) is 11.1.